The Bertz CT molecular complexity index is 801. The number of aromatic nitrogens is 4. The molecule has 26 heavy (non-hydrogen) atoms. The number of rotatable bonds is 9. The minimum absolute atomic E-state index is 0.117. The van der Waals surface area contributed by atoms with Crippen LogP contribution in [0.2, 0.25) is 0 Å². The highest BCUT2D eigenvalue weighted by atomic mass is 16.4. The Morgan fingerprint density at radius 2 is 2.15 bits per heavy atom. The smallest absolute Gasteiger partial charge is 0.323 e. The van der Waals surface area contributed by atoms with E-state index in [-0.39, 0.29) is 25.5 Å². The van der Waals surface area contributed by atoms with Gasteiger partial charge >= 0.3 is 5.97 Å². The maximum absolute atomic E-state index is 12.5. The summed E-state index contributed by atoms with van der Waals surface area (Å²) in [4.78, 5) is 39.0. The number of hydrogen-bond acceptors (Lipinski definition) is 7. The normalized spacial score (nSPS) is 11.2. The van der Waals surface area contributed by atoms with Crippen LogP contribution in [0.25, 0.3) is 11.0 Å². The molecule has 2 rings (SSSR count). The third-order valence-corrected chi connectivity index (χ3v) is 3.42. The van der Waals surface area contributed by atoms with Gasteiger partial charge in [0.2, 0.25) is 5.91 Å². The topological polar surface area (TPSA) is 129 Å². The fraction of sp³-hybridized carbons (Fsp3) is 0.467. The number of carboxylic acid groups (broad SMARTS) is 1. The zero-order valence-corrected chi connectivity index (χ0v) is 15.0. The lowest BCUT2D eigenvalue weighted by Crippen LogP contribution is -2.41. The standard InChI is InChI=1S/C15H22N8O3/c1-16-4-5-22(8-13(25)26)12(24)7-23-15-11(6-20-23)14(17-9-18-15)19-10-21(2)3/h6,9-10,16H,4-5,7-8H2,1-3H3,(H,25,26). The van der Waals surface area contributed by atoms with Crippen LogP contribution in [-0.2, 0) is 16.1 Å². The van der Waals surface area contributed by atoms with E-state index in [9.17, 15) is 9.59 Å². The van der Waals surface area contributed by atoms with Crippen molar-refractivity contribution in [1.29, 1.82) is 0 Å². The number of carbonyl (C=O) groups excluding carboxylic acids is 1. The van der Waals surface area contributed by atoms with Gasteiger partial charge in [0, 0.05) is 27.2 Å². The lowest BCUT2D eigenvalue weighted by molar-refractivity contribution is -0.144. The largest absolute Gasteiger partial charge is 0.480 e. The van der Waals surface area contributed by atoms with Gasteiger partial charge in [0.25, 0.3) is 0 Å². The summed E-state index contributed by atoms with van der Waals surface area (Å²) in [6.45, 7) is 0.292. The molecule has 0 saturated carbocycles. The molecule has 11 nitrogen and oxygen atoms in total. The number of nitrogens with zero attached hydrogens (tertiary/aromatic N) is 7. The van der Waals surface area contributed by atoms with Gasteiger partial charge in [-0.3, -0.25) is 9.59 Å². The molecule has 140 valence electrons. The predicted octanol–water partition coefficient (Wildman–Crippen LogP) is -0.820. The molecule has 2 aromatic heterocycles. The molecule has 0 fully saturated rings. The second-order valence-corrected chi connectivity index (χ2v) is 5.76. The second kappa shape index (κ2) is 8.85. The molecule has 0 spiro atoms. The average Bonchev–Trinajstić information content (AvgIpc) is 2.99. The van der Waals surface area contributed by atoms with E-state index in [1.165, 1.54) is 15.9 Å². The zero-order valence-electron chi connectivity index (χ0n) is 15.0. The third-order valence-electron chi connectivity index (χ3n) is 3.42. The first-order chi connectivity index (χ1) is 12.4. The first-order valence-electron chi connectivity index (χ1n) is 7.93. The Morgan fingerprint density at radius 3 is 2.81 bits per heavy atom. The van der Waals surface area contributed by atoms with Crippen LogP contribution in [0.4, 0.5) is 5.82 Å². The van der Waals surface area contributed by atoms with Crippen molar-refractivity contribution in [3.63, 3.8) is 0 Å². The maximum atomic E-state index is 12.5. The van der Waals surface area contributed by atoms with Gasteiger partial charge < -0.3 is 20.2 Å². The molecule has 1 amide bonds. The molecule has 11 heteroatoms. The molecular weight excluding hydrogens is 340 g/mol. The van der Waals surface area contributed by atoms with Crippen LogP contribution >= 0.6 is 0 Å². The summed E-state index contributed by atoms with van der Waals surface area (Å²) in [6.07, 6.45) is 4.50. The van der Waals surface area contributed by atoms with Crippen molar-refractivity contribution >= 4 is 35.1 Å². The van der Waals surface area contributed by atoms with E-state index >= 15 is 0 Å². The summed E-state index contributed by atoms with van der Waals surface area (Å²) in [5.41, 5.74) is 0.461. The summed E-state index contributed by atoms with van der Waals surface area (Å²) >= 11 is 0. The van der Waals surface area contributed by atoms with E-state index in [1.807, 2.05) is 14.1 Å². The number of carboxylic acids is 1. The molecule has 2 N–H and O–H groups in total. The van der Waals surface area contributed by atoms with E-state index < -0.39 is 5.97 Å². The van der Waals surface area contributed by atoms with Crippen molar-refractivity contribution in [2.45, 2.75) is 6.54 Å². The molecule has 0 unspecified atom stereocenters. The van der Waals surface area contributed by atoms with Crippen molar-refractivity contribution in [1.82, 2.24) is 34.9 Å². The maximum Gasteiger partial charge on any atom is 0.323 e. The Kier molecular flexibility index (Phi) is 6.55. The molecule has 2 heterocycles. The van der Waals surface area contributed by atoms with Crippen LogP contribution in [0.5, 0.6) is 0 Å². The fourth-order valence-corrected chi connectivity index (χ4v) is 2.20. The van der Waals surface area contributed by atoms with E-state index in [0.717, 1.165) is 0 Å². The minimum atomic E-state index is -1.07. The minimum Gasteiger partial charge on any atom is -0.480 e. The molecule has 0 radical (unpaired) electrons. The van der Waals surface area contributed by atoms with Crippen LogP contribution in [0, 0.1) is 0 Å². The summed E-state index contributed by atoms with van der Waals surface area (Å²) in [5, 5.41) is 16.7. The molecule has 2 aromatic rings. The Balaban J connectivity index is 2.23. The van der Waals surface area contributed by atoms with Crippen molar-refractivity contribution < 1.29 is 14.7 Å². The van der Waals surface area contributed by atoms with Gasteiger partial charge in [0.1, 0.15) is 19.4 Å². The molecule has 0 bridgehead atoms. The molecule has 0 aromatic carbocycles. The fourth-order valence-electron chi connectivity index (χ4n) is 2.20. The van der Waals surface area contributed by atoms with Gasteiger partial charge in [-0.2, -0.15) is 5.10 Å². The monoisotopic (exact) mass is 362 g/mol. The van der Waals surface area contributed by atoms with Gasteiger partial charge in [0.05, 0.1) is 17.9 Å². The zero-order chi connectivity index (χ0) is 19.1. The first-order valence-corrected chi connectivity index (χ1v) is 7.93. The number of amides is 1. The number of hydrogen-bond donors (Lipinski definition) is 2. The second-order valence-electron chi connectivity index (χ2n) is 5.76. The van der Waals surface area contributed by atoms with Crippen LogP contribution in [0.15, 0.2) is 17.5 Å². The van der Waals surface area contributed by atoms with Crippen LogP contribution in [0.1, 0.15) is 0 Å². The molecule has 0 aliphatic carbocycles. The summed E-state index contributed by atoms with van der Waals surface area (Å²) < 4.78 is 1.42. The predicted molar refractivity (Wildman–Crippen MR) is 95.3 cm³/mol. The number of aliphatic imine (C=N–C) groups is 1. The molecule has 0 aliphatic heterocycles. The number of likely N-dealkylation sites (N-methyl/N-ethyl adjacent to an activating group) is 1. The van der Waals surface area contributed by atoms with E-state index in [4.69, 9.17) is 5.11 Å². The van der Waals surface area contributed by atoms with Crippen molar-refractivity contribution in [3.8, 4) is 0 Å². The highest BCUT2D eigenvalue weighted by molar-refractivity contribution is 5.87. The van der Waals surface area contributed by atoms with E-state index in [2.05, 4.69) is 25.4 Å². The third kappa shape index (κ3) is 4.96. The van der Waals surface area contributed by atoms with Crippen LogP contribution in [-0.4, -0.2) is 93.6 Å². The number of nitrogens with one attached hydrogen (secondary N) is 1. The van der Waals surface area contributed by atoms with Gasteiger partial charge in [-0.1, -0.05) is 0 Å². The highest BCUT2D eigenvalue weighted by Crippen LogP contribution is 2.20. The Morgan fingerprint density at radius 1 is 1.38 bits per heavy atom. The molecular formula is C15H22N8O3. The number of aliphatic carboxylic acids is 1. The van der Waals surface area contributed by atoms with Gasteiger partial charge in [-0.05, 0) is 7.05 Å². The summed E-state index contributed by atoms with van der Waals surface area (Å²) in [6, 6.07) is 0. The van der Waals surface area contributed by atoms with E-state index in [0.29, 0.717) is 23.4 Å². The first kappa shape index (κ1) is 19.2. The number of fused-ring (bicyclic) bond motifs is 1. The Hall–Kier alpha value is -3.08. The van der Waals surface area contributed by atoms with Gasteiger partial charge in [-0.25, -0.2) is 19.6 Å². The SMILES string of the molecule is CNCCN(CC(=O)O)C(=O)Cn1ncc2c(N=CN(C)C)ncnc21. The molecule has 0 aliphatic rings. The summed E-state index contributed by atoms with van der Waals surface area (Å²) in [5.74, 6) is -0.980. The lowest BCUT2D eigenvalue weighted by Gasteiger charge is -2.20. The van der Waals surface area contributed by atoms with E-state index in [1.54, 1.807) is 24.5 Å². The van der Waals surface area contributed by atoms with Gasteiger partial charge in [0.15, 0.2) is 11.5 Å². The van der Waals surface area contributed by atoms with Gasteiger partial charge in [-0.15, -0.1) is 0 Å². The van der Waals surface area contributed by atoms with Crippen LogP contribution in [0.3, 0.4) is 0 Å². The molecule has 0 saturated heterocycles. The highest BCUT2D eigenvalue weighted by Gasteiger charge is 2.19. The number of carbonyl (C=O) groups is 2. The van der Waals surface area contributed by atoms with Crippen molar-refractivity contribution in [3.05, 3.63) is 12.5 Å². The quantitative estimate of drug-likeness (QED) is 0.437. The van der Waals surface area contributed by atoms with Crippen molar-refractivity contribution in [2.75, 3.05) is 40.8 Å². The lowest BCUT2D eigenvalue weighted by atomic mass is 10.4. The summed E-state index contributed by atoms with van der Waals surface area (Å²) in [7, 11) is 5.41. The molecule has 0 atom stereocenters. The van der Waals surface area contributed by atoms with Crippen LogP contribution < -0.4 is 5.32 Å². The van der Waals surface area contributed by atoms with Crippen molar-refractivity contribution in [2.24, 2.45) is 4.99 Å². The Labute approximate surface area is 150 Å². The average molecular weight is 362 g/mol.